The Morgan fingerprint density at radius 3 is 2.50 bits per heavy atom. The highest BCUT2D eigenvalue weighted by atomic mass is 16.2. The molecule has 4 amide bonds. The minimum absolute atomic E-state index is 0.00534. The molecule has 0 bridgehead atoms. The zero-order chi connectivity index (χ0) is 27.4. The SMILES string of the molecule is CN[C@@H](C)C(=O)N[C@H]1CCCC[C@H]2CC[C@@H](C(=O)NCc3cccc(NC(=O)C4(C(C)=O)CC4)c3)N2C1=O. The average molecular weight is 526 g/mol. The van der Waals surface area contributed by atoms with Gasteiger partial charge in [0, 0.05) is 18.3 Å². The third-order valence-electron chi connectivity index (χ3n) is 8.29. The molecule has 10 nitrogen and oxygen atoms in total. The highest BCUT2D eigenvalue weighted by molar-refractivity contribution is 6.13. The van der Waals surface area contributed by atoms with Crippen molar-refractivity contribution in [3.05, 3.63) is 29.8 Å². The highest BCUT2D eigenvalue weighted by Gasteiger charge is 2.54. The van der Waals surface area contributed by atoms with Crippen LogP contribution in [0.3, 0.4) is 0 Å². The average Bonchev–Trinajstić information content (AvgIpc) is 3.62. The largest absolute Gasteiger partial charge is 0.350 e. The number of fused-ring (bicyclic) bond motifs is 1. The molecule has 38 heavy (non-hydrogen) atoms. The number of hydrogen-bond donors (Lipinski definition) is 4. The van der Waals surface area contributed by atoms with Gasteiger partial charge < -0.3 is 26.2 Å². The summed E-state index contributed by atoms with van der Waals surface area (Å²) >= 11 is 0. The van der Waals surface area contributed by atoms with Crippen molar-refractivity contribution in [2.75, 3.05) is 12.4 Å². The van der Waals surface area contributed by atoms with Crippen molar-refractivity contribution in [2.45, 2.75) is 95.9 Å². The fourth-order valence-electron chi connectivity index (χ4n) is 5.53. The van der Waals surface area contributed by atoms with E-state index in [1.165, 1.54) is 6.92 Å². The summed E-state index contributed by atoms with van der Waals surface area (Å²) in [5, 5.41) is 11.6. The lowest BCUT2D eigenvalue weighted by atomic mass is 9.98. The van der Waals surface area contributed by atoms with E-state index in [9.17, 15) is 24.0 Å². The Kier molecular flexibility index (Phi) is 8.50. The van der Waals surface area contributed by atoms with E-state index in [-0.39, 0.29) is 42.0 Å². The van der Waals surface area contributed by atoms with Crippen LogP contribution in [0.5, 0.6) is 0 Å². The first-order valence-electron chi connectivity index (χ1n) is 13.6. The second-order valence-electron chi connectivity index (χ2n) is 10.9. The monoisotopic (exact) mass is 525 g/mol. The van der Waals surface area contributed by atoms with Gasteiger partial charge >= 0.3 is 0 Å². The molecule has 1 aromatic carbocycles. The summed E-state index contributed by atoms with van der Waals surface area (Å²) in [6.07, 6.45) is 5.69. The molecule has 4 atom stereocenters. The van der Waals surface area contributed by atoms with Gasteiger partial charge in [0.2, 0.25) is 23.6 Å². The number of anilines is 1. The number of amides is 4. The summed E-state index contributed by atoms with van der Waals surface area (Å²) in [5.74, 6) is -1.05. The molecule has 1 aliphatic carbocycles. The fraction of sp³-hybridized carbons (Fsp3) is 0.607. The van der Waals surface area contributed by atoms with Crippen LogP contribution in [0.4, 0.5) is 5.69 Å². The first kappa shape index (κ1) is 27.8. The van der Waals surface area contributed by atoms with Crippen LogP contribution < -0.4 is 21.3 Å². The highest BCUT2D eigenvalue weighted by Crippen LogP contribution is 2.47. The molecule has 2 heterocycles. The number of carbonyl (C=O) groups is 5. The summed E-state index contributed by atoms with van der Waals surface area (Å²) in [6, 6.07) is 5.52. The molecule has 0 radical (unpaired) electrons. The van der Waals surface area contributed by atoms with Crippen LogP contribution in [0.15, 0.2) is 24.3 Å². The van der Waals surface area contributed by atoms with Gasteiger partial charge in [-0.1, -0.05) is 25.0 Å². The summed E-state index contributed by atoms with van der Waals surface area (Å²) in [5.41, 5.74) is 0.469. The molecular formula is C28H39N5O5. The topological polar surface area (TPSA) is 137 Å². The van der Waals surface area contributed by atoms with E-state index in [2.05, 4.69) is 21.3 Å². The Bertz CT molecular complexity index is 1100. The maximum atomic E-state index is 13.5. The Labute approximate surface area is 223 Å². The van der Waals surface area contributed by atoms with Gasteiger partial charge in [-0.3, -0.25) is 24.0 Å². The maximum Gasteiger partial charge on any atom is 0.246 e. The number of carbonyl (C=O) groups excluding carboxylic acids is 5. The van der Waals surface area contributed by atoms with Crippen molar-refractivity contribution in [1.29, 1.82) is 0 Å². The number of ketones is 1. The predicted octanol–water partition coefficient (Wildman–Crippen LogP) is 1.64. The number of nitrogens with zero attached hydrogens (tertiary/aromatic N) is 1. The van der Waals surface area contributed by atoms with E-state index < -0.39 is 23.5 Å². The molecule has 4 rings (SSSR count). The zero-order valence-electron chi connectivity index (χ0n) is 22.5. The minimum atomic E-state index is -0.899. The number of benzene rings is 1. The van der Waals surface area contributed by atoms with Crippen LogP contribution in [-0.4, -0.2) is 65.5 Å². The van der Waals surface area contributed by atoms with Crippen molar-refractivity contribution < 1.29 is 24.0 Å². The maximum absolute atomic E-state index is 13.5. The Balaban J connectivity index is 1.39. The van der Waals surface area contributed by atoms with E-state index in [0.717, 1.165) is 31.2 Å². The summed E-state index contributed by atoms with van der Waals surface area (Å²) < 4.78 is 0. The lowest BCUT2D eigenvalue weighted by Gasteiger charge is -2.35. The van der Waals surface area contributed by atoms with Crippen molar-refractivity contribution in [2.24, 2.45) is 5.41 Å². The summed E-state index contributed by atoms with van der Waals surface area (Å²) in [6.45, 7) is 3.43. The van der Waals surface area contributed by atoms with E-state index in [1.54, 1.807) is 37.1 Å². The van der Waals surface area contributed by atoms with Gasteiger partial charge in [0.25, 0.3) is 0 Å². The quantitative estimate of drug-likeness (QED) is 0.362. The molecule has 2 aliphatic heterocycles. The normalized spacial score (nSPS) is 24.9. The smallest absolute Gasteiger partial charge is 0.246 e. The van der Waals surface area contributed by atoms with Crippen LogP contribution in [0.2, 0.25) is 0 Å². The van der Waals surface area contributed by atoms with E-state index in [1.807, 2.05) is 6.07 Å². The Hall–Kier alpha value is -3.27. The molecule has 0 aromatic heterocycles. The van der Waals surface area contributed by atoms with Gasteiger partial charge in [-0.2, -0.15) is 0 Å². The minimum Gasteiger partial charge on any atom is -0.350 e. The number of nitrogens with one attached hydrogen (secondary N) is 4. The number of hydrogen-bond acceptors (Lipinski definition) is 6. The van der Waals surface area contributed by atoms with Gasteiger partial charge in [0.15, 0.2) is 0 Å². The zero-order valence-corrected chi connectivity index (χ0v) is 22.5. The van der Waals surface area contributed by atoms with Gasteiger partial charge in [0.05, 0.1) is 6.04 Å². The lowest BCUT2D eigenvalue weighted by Crippen LogP contribution is -2.57. The first-order valence-corrected chi connectivity index (χ1v) is 13.6. The predicted molar refractivity (Wildman–Crippen MR) is 142 cm³/mol. The van der Waals surface area contributed by atoms with Crippen molar-refractivity contribution >= 4 is 35.1 Å². The Morgan fingerprint density at radius 1 is 1.08 bits per heavy atom. The molecule has 1 aromatic rings. The van der Waals surface area contributed by atoms with Gasteiger partial charge in [-0.15, -0.1) is 0 Å². The summed E-state index contributed by atoms with van der Waals surface area (Å²) in [7, 11) is 1.69. The van der Waals surface area contributed by atoms with Crippen LogP contribution in [0.25, 0.3) is 0 Å². The van der Waals surface area contributed by atoms with Crippen molar-refractivity contribution in [3.8, 4) is 0 Å². The summed E-state index contributed by atoms with van der Waals surface area (Å²) in [4.78, 5) is 65.4. The first-order chi connectivity index (χ1) is 18.2. The molecule has 4 N–H and O–H groups in total. The molecule has 2 saturated heterocycles. The molecule has 0 unspecified atom stereocenters. The van der Waals surface area contributed by atoms with E-state index in [0.29, 0.717) is 31.4 Å². The molecule has 10 heteroatoms. The van der Waals surface area contributed by atoms with Crippen LogP contribution in [0, 0.1) is 5.41 Å². The van der Waals surface area contributed by atoms with E-state index >= 15 is 0 Å². The molecule has 1 saturated carbocycles. The second-order valence-corrected chi connectivity index (χ2v) is 10.9. The molecule has 3 fully saturated rings. The van der Waals surface area contributed by atoms with Gasteiger partial charge in [0.1, 0.15) is 23.3 Å². The van der Waals surface area contributed by atoms with Crippen LogP contribution in [0.1, 0.15) is 70.8 Å². The number of rotatable bonds is 9. The van der Waals surface area contributed by atoms with Crippen molar-refractivity contribution in [3.63, 3.8) is 0 Å². The number of likely N-dealkylation sites (N-methyl/N-ethyl adjacent to an activating group) is 1. The van der Waals surface area contributed by atoms with Crippen LogP contribution >= 0.6 is 0 Å². The molecular weight excluding hydrogens is 486 g/mol. The van der Waals surface area contributed by atoms with Crippen molar-refractivity contribution in [1.82, 2.24) is 20.9 Å². The molecule has 206 valence electrons. The molecule has 3 aliphatic rings. The van der Waals surface area contributed by atoms with Crippen LogP contribution in [-0.2, 0) is 30.5 Å². The second kappa shape index (κ2) is 11.6. The number of Topliss-reactive ketones (excluding diaryl/α,β-unsaturated/α-hetero) is 1. The third kappa shape index (κ3) is 5.90. The lowest BCUT2D eigenvalue weighted by molar-refractivity contribution is -0.144. The standard InChI is InChI=1S/C28H39N5O5/c1-17(29-3)24(35)32-22-10-5-4-9-21-11-12-23(33(21)26(22)37)25(36)30-16-19-7-6-8-20(15-19)31-27(38)28(13-14-28)18(2)34/h6-8,15,17,21-23,29H,4-5,9-14,16H2,1-3H3,(H,30,36)(H,31,38)(H,32,35)/t17-,21-,22-,23-/m0/s1. The fourth-order valence-corrected chi connectivity index (χ4v) is 5.53. The molecule has 0 spiro atoms. The Morgan fingerprint density at radius 2 is 1.82 bits per heavy atom. The van der Waals surface area contributed by atoms with Gasteiger partial charge in [-0.05, 0) is 77.1 Å². The van der Waals surface area contributed by atoms with E-state index in [4.69, 9.17) is 0 Å². The third-order valence-corrected chi connectivity index (χ3v) is 8.29. The van der Waals surface area contributed by atoms with Gasteiger partial charge in [-0.25, -0.2) is 0 Å².